The molecule has 0 aliphatic carbocycles. The van der Waals surface area contributed by atoms with Crippen molar-refractivity contribution in [3.05, 3.63) is 59.7 Å². The molecule has 2 rings (SSSR count). The Kier molecular flexibility index (Phi) is 6.89. The van der Waals surface area contributed by atoms with Crippen LogP contribution in [0.2, 0.25) is 0 Å². The van der Waals surface area contributed by atoms with Crippen molar-refractivity contribution in [3.8, 4) is 11.5 Å². The maximum Gasteiger partial charge on any atom is 0.261 e. The first-order chi connectivity index (χ1) is 12.6. The van der Waals surface area contributed by atoms with Crippen molar-refractivity contribution in [2.45, 2.75) is 59.1 Å². The van der Waals surface area contributed by atoms with Gasteiger partial charge in [-0.3, -0.25) is 4.79 Å². The number of amides is 1. The molecule has 1 amide bonds. The number of nitrogens with one attached hydrogen (secondary N) is 1. The highest BCUT2D eigenvalue weighted by molar-refractivity contribution is 5.81. The van der Waals surface area contributed by atoms with Gasteiger partial charge < -0.3 is 14.8 Å². The number of carbonyl (C=O) groups is 1. The third kappa shape index (κ3) is 6.63. The molecule has 1 N–H and O–H groups in total. The van der Waals surface area contributed by atoms with E-state index in [1.807, 2.05) is 62.4 Å². The molecule has 0 aliphatic rings. The lowest BCUT2D eigenvalue weighted by Gasteiger charge is -2.21. The van der Waals surface area contributed by atoms with Gasteiger partial charge in [0.05, 0.1) is 6.04 Å². The fourth-order valence-corrected chi connectivity index (χ4v) is 2.55. The molecule has 0 heterocycles. The molecule has 0 aromatic heterocycles. The lowest BCUT2D eigenvalue weighted by Crippen LogP contribution is -2.43. The lowest BCUT2D eigenvalue weighted by atomic mass is 9.87. The van der Waals surface area contributed by atoms with E-state index >= 15 is 0 Å². The minimum Gasteiger partial charge on any atom is -0.491 e. The van der Waals surface area contributed by atoms with Crippen LogP contribution in [0.25, 0.3) is 0 Å². The average Bonchev–Trinajstić information content (AvgIpc) is 2.61. The summed E-state index contributed by atoms with van der Waals surface area (Å²) in [6.07, 6.45) is -0.577. The SMILES string of the molecule is Cc1ccc(OCC(C)NC(=O)C(C)Oc2ccc(C(C)(C)C)cc2)cc1. The van der Waals surface area contributed by atoms with E-state index in [1.165, 1.54) is 11.1 Å². The van der Waals surface area contributed by atoms with Gasteiger partial charge in [0.25, 0.3) is 5.91 Å². The van der Waals surface area contributed by atoms with Gasteiger partial charge in [0, 0.05) is 0 Å². The zero-order chi connectivity index (χ0) is 20.0. The predicted molar refractivity (Wildman–Crippen MR) is 110 cm³/mol. The second-order valence-corrected chi connectivity index (χ2v) is 8.07. The summed E-state index contributed by atoms with van der Waals surface area (Å²) in [7, 11) is 0. The van der Waals surface area contributed by atoms with Gasteiger partial charge in [-0.15, -0.1) is 0 Å². The van der Waals surface area contributed by atoms with Crippen molar-refractivity contribution in [2.75, 3.05) is 6.61 Å². The maximum absolute atomic E-state index is 12.3. The van der Waals surface area contributed by atoms with Crippen LogP contribution in [-0.4, -0.2) is 24.7 Å². The van der Waals surface area contributed by atoms with Crippen LogP contribution in [0.3, 0.4) is 0 Å². The second kappa shape index (κ2) is 8.94. The summed E-state index contributed by atoms with van der Waals surface area (Å²) >= 11 is 0. The quantitative estimate of drug-likeness (QED) is 0.773. The number of rotatable bonds is 7. The number of hydrogen-bond donors (Lipinski definition) is 1. The monoisotopic (exact) mass is 369 g/mol. The highest BCUT2D eigenvalue weighted by atomic mass is 16.5. The molecule has 2 aromatic carbocycles. The van der Waals surface area contributed by atoms with E-state index in [4.69, 9.17) is 9.47 Å². The van der Waals surface area contributed by atoms with Crippen LogP contribution >= 0.6 is 0 Å². The van der Waals surface area contributed by atoms with Gasteiger partial charge >= 0.3 is 0 Å². The molecule has 0 aliphatic heterocycles. The van der Waals surface area contributed by atoms with E-state index < -0.39 is 6.10 Å². The maximum atomic E-state index is 12.3. The van der Waals surface area contributed by atoms with Crippen molar-refractivity contribution in [1.29, 1.82) is 0 Å². The summed E-state index contributed by atoms with van der Waals surface area (Å²) in [6.45, 7) is 12.6. The summed E-state index contributed by atoms with van der Waals surface area (Å²) in [4.78, 5) is 12.3. The molecule has 4 nitrogen and oxygen atoms in total. The van der Waals surface area contributed by atoms with Crippen LogP contribution in [0.1, 0.15) is 45.7 Å². The topological polar surface area (TPSA) is 47.6 Å². The first-order valence-electron chi connectivity index (χ1n) is 9.42. The van der Waals surface area contributed by atoms with Crippen LogP contribution in [-0.2, 0) is 10.2 Å². The number of ether oxygens (including phenoxy) is 2. The molecule has 0 fully saturated rings. The van der Waals surface area contributed by atoms with Gasteiger partial charge in [-0.25, -0.2) is 0 Å². The first-order valence-corrected chi connectivity index (χ1v) is 9.42. The van der Waals surface area contributed by atoms with Crippen molar-refractivity contribution < 1.29 is 14.3 Å². The number of benzene rings is 2. The van der Waals surface area contributed by atoms with Gasteiger partial charge in [-0.1, -0.05) is 50.6 Å². The Balaban J connectivity index is 1.81. The molecule has 2 aromatic rings. The van der Waals surface area contributed by atoms with Gasteiger partial charge in [0.2, 0.25) is 0 Å². The van der Waals surface area contributed by atoms with Crippen LogP contribution in [0, 0.1) is 6.92 Å². The standard InChI is InChI=1S/C23H31NO3/c1-16-7-11-20(12-8-16)26-15-17(2)24-22(25)18(3)27-21-13-9-19(10-14-21)23(4,5)6/h7-14,17-18H,15H2,1-6H3,(H,24,25). The summed E-state index contributed by atoms with van der Waals surface area (Å²) in [5.41, 5.74) is 2.51. The van der Waals surface area contributed by atoms with Crippen LogP contribution in [0.15, 0.2) is 48.5 Å². The molecule has 0 saturated heterocycles. The zero-order valence-electron chi connectivity index (χ0n) is 17.2. The Labute approximate surface area is 162 Å². The minimum absolute atomic E-state index is 0.0917. The van der Waals surface area contributed by atoms with Gasteiger partial charge in [0.15, 0.2) is 6.10 Å². The molecule has 27 heavy (non-hydrogen) atoms. The van der Waals surface area contributed by atoms with E-state index in [9.17, 15) is 4.79 Å². The third-order valence-electron chi connectivity index (χ3n) is 4.31. The Morgan fingerprint density at radius 3 is 2.07 bits per heavy atom. The molecular formula is C23H31NO3. The fourth-order valence-electron chi connectivity index (χ4n) is 2.55. The van der Waals surface area contributed by atoms with Gasteiger partial charge in [0.1, 0.15) is 18.1 Å². The normalized spacial score (nSPS) is 13.6. The molecule has 0 spiro atoms. The Morgan fingerprint density at radius 2 is 1.52 bits per heavy atom. The lowest BCUT2D eigenvalue weighted by molar-refractivity contribution is -0.128. The third-order valence-corrected chi connectivity index (χ3v) is 4.31. The van der Waals surface area contributed by atoms with Crippen molar-refractivity contribution in [2.24, 2.45) is 0 Å². The average molecular weight is 370 g/mol. The molecule has 0 radical (unpaired) electrons. The Bertz CT molecular complexity index is 730. The van der Waals surface area contributed by atoms with E-state index in [2.05, 4.69) is 26.1 Å². The van der Waals surface area contributed by atoms with Crippen LogP contribution < -0.4 is 14.8 Å². The predicted octanol–water partition coefficient (Wildman–Crippen LogP) is 4.64. The summed E-state index contributed by atoms with van der Waals surface area (Å²) in [5, 5.41) is 2.93. The summed E-state index contributed by atoms with van der Waals surface area (Å²) < 4.78 is 11.5. The summed E-state index contributed by atoms with van der Waals surface area (Å²) in [6, 6.07) is 15.6. The molecule has 146 valence electrons. The number of hydrogen-bond acceptors (Lipinski definition) is 3. The van der Waals surface area contributed by atoms with Crippen LogP contribution in [0.5, 0.6) is 11.5 Å². The zero-order valence-corrected chi connectivity index (χ0v) is 17.2. The Morgan fingerprint density at radius 1 is 0.963 bits per heavy atom. The van der Waals surface area contributed by atoms with Gasteiger partial charge in [-0.2, -0.15) is 0 Å². The van der Waals surface area contributed by atoms with E-state index in [1.54, 1.807) is 6.92 Å². The minimum atomic E-state index is -0.577. The van der Waals surface area contributed by atoms with E-state index in [0.717, 1.165) is 5.75 Å². The number of aryl methyl sites for hydroxylation is 1. The van der Waals surface area contributed by atoms with Crippen molar-refractivity contribution in [3.63, 3.8) is 0 Å². The largest absolute Gasteiger partial charge is 0.491 e. The molecule has 0 saturated carbocycles. The highest BCUT2D eigenvalue weighted by Gasteiger charge is 2.18. The molecular weight excluding hydrogens is 338 g/mol. The molecule has 2 atom stereocenters. The first kappa shape index (κ1) is 20.8. The van der Waals surface area contributed by atoms with Crippen LogP contribution in [0.4, 0.5) is 0 Å². The van der Waals surface area contributed by atoms with E-state index in [-0.39, 0.29) is 17.4 Å². The van der Waals surface area contributed by atoms with Gasteiger partial charge in [-0.05, 0) is 56.0 Å². The highest BCUT2D eigenvalue weighted by Crippen LogP contribution is 2.24. The molecule has 4 heteroatoms. The van der Waals surface area contributed by atoms with Crippen molar-refractivity contribution in [1.82, 2.24) is 5.32 Å². The second-order valence-electron chi connectivity index (χ2n) is 8.07. The fraction of sp³-hybridized carbons (Fsp3) is 0.435. The number of carbonyl (C=O) groups excluding carboxylic acids is 1. The molecule has 2 unspecified atom stereocenters. The smallest absolute Gasteiger partial charge is 0.261 e. The molecule has 0 bridgehead atoms. The summed E-state index contributed by atoms with van der Waals surface area (Å²) in [5.74, 6) is 1.33. The van der Waals surface area contributed by atoms with E-state index in [0.29, 0.717) is 12.4 Å². The Hall–Kier alpha value is -2.49. The van der Waals surface area contributed by atoms with Crippen molar-refractivity contribution >= 4 is 5.91 Å².